The Morgan fingerprint density at radius 2 is 1.91 bits per heavy atom. The summed E-state index contributed by atoms with van der Waals surface area (Å²) in [4.78, 5) is 38.6. The maximum absolute atomic E-state index is 13.1. The summed E-state index contributed by atoms with van der Waals surface area (Å²) < 4.78 is 0. The van der Waals surface area contributed by atoms with Crippen molar-refractivity contribution in [2.24, 2.45) is 11.7 Å². The third kappa shape index (κ3) is 5.09. The summed E-state index contributed by atoms with van der Waals surface area (Å²) in [6.45, 7) is 2.62. The van der Waals surface area contributed by atoms with E-state index >= 15 is 0 Å². The average molecular weight is 463 g/mol. The van der Waals surface area contributed by atoms with Gasteiger partial charge in [-0.2, -0.15) is 0 Å². The van der Waals surface area contributed by atoms with Crippen LogP contribution in [0.2, 0.25) is 0 Å². The summed E-state index contributed by atoms with van der Waals surface area (Å²) in [6, 6.07) is 5.91. The molecule has 2 aliphatic heterocycles. The van der Waals surface area contributed by atoms with Crippen molar-refractivity contribution in [1.82, 2.24) is 10.2 Å². The van der Waals surface area contributed by atoms with Crippen LogP contribution in [0.25, 0.3) is 0 Å². The van der Waals surface area contributed by atoms with Gasteiger partial charge in [-0.15, -0.1) is 12.4 Å². The maximum atomic E-state index is 13.1. The lowest BCUT2D eigenvalue weighted by Crippen LogP contribution is -2.52. The first-order valence-corrected chi connectivity index (χ1v) is 11.8. The molecule has 1 aliphatic carbocycles. The van der Waals surface area contributed by atoms with Gasteiger partial charge in [0.25, 0.3) is 5.91 Å². The second-order valence-electron chi connectivity index (χ2n) is 9.30. The van der Waals surface area contributed by atoms with E-state index in [1.165, 1.54) is 0 Å². The van der Waals surface area contributed by atoms with E-state index < -0.39 is 6.04 Å². The molecule has 1 saturated carbocycles. The monoisotopic (exact) mass is 462 g/mol. The van der Waals surface area contributed by atoms with Gasteiger partial charge >= 0.3 is 0 Å². The molecule has 1 aromatic carbocycles. The van der Waals surface area contributed by atoms with Crippen LogP contribution in [0.15, 0.2) is 18.2 Å². The van der Waals surface area contributed by atoms with Gasteiger partial charge in [0.1, 0.15) is 6.04 Å². The molecule has 176 valence electrons. The lowest BCUT2D eigenvalue weighted by Gasteiger charge is -2.34. The molecule has 4 rings (SSSR count). The number of nitrogens with two attached hydrogens (primary N) is 1. The number of amides is 3. The number of rotatable bonds is 7. The molecule has 3 aliphatic rings. The van der Waals surface area contributed by atoms with Gasteiger partial charge in [0.2, 0.25) is 11.8 Å². The number of hydrogen-bond donors (Lipinski definition) is 3. The van der Waals surface area contributed by atoms with E-state index in [1.54, 1.807) is 4.90 Å². The van der Waals surface area contributed by atoms with Crippen LogP contribution in [0.3, 0.4) is 0 Å². The van der Waals surface area contributed by atoms with E-state index in [0.717, 1.165) is 56.2 Å². The Balaban J connectivity index is 0.00000289. The van der Waals surface area contributed by atoms with Gasteiger partial charge in [-0.05, 0) is 56.6 Å². The summed E-state index contributed by atoms with van der Waals surface area (Å²) in [7, 11) is 0. The summed E-state index contributed by atoms with van der Waals surface area (Å²) in [5, 5.41) is 6.16. The topological polar surface area (TPSA) is 105 Å². The number of unbranched alkanes of at least 4 members (excludes halogenated alkanes) is 1. The maximum Gasteiger partial charge on any atom is 0.255 e. The minimum atomic E-state index is -0.582. The van der Waals surface area contributed by atoms with Crippen LogP contribution in [-0.4, -0.2) is 40.7 Å². The number of carbonyl (C=O) groups is 3. The third-order valence-electron chi connectivity index (χ3n) is 7.18. The molecule has 0 aromatic heterocycles. The highest BCUT2D eigenvalue weighted by Gasteiger charge is 2.40. The predicted molar refractivity (Wildman–Crippen MR) is 127 cm³/mol. The molecule has 0 bridgehead atoms. The SMILES string of the molecule is CCCC[C@H](Nc1cccc2c1CN([C@H]1CCC(=O)NC1=O)C2=O)C1CCC(N)CC1.Cl. The average Bonchev–Trinajstić information content (AvgIpc) is 3.09. The second-order valence-corrected chi connectivity index (χ2v) is 9.30. The number of piperidine rings is 1. The lowest BCUT2D eigenvalue weighted by atomic mass is 9.80. The van der Waals surface area contributed by atoms with Gasteiger partial charge < -0.3 is 16.0 Å². The predicted octanol–water partition coefficient (Wildman–Crippen LogP) is 3.36. The fraction of sp³-hybridized carbons (Fsp3) is 0.625. The highest BCUT2D eigenvalue weighted by molar-refractivity contribution is 6.06. The highest BCUT2D eigenvalue weighted by Crippen LogP contribution is 2.35. The summed E-state index contributed by atoms with van der Waals surface area (Å²) >= 11 is 0. The van der Waals surface area contributed by atoms with Gasteiger partial charge in [-0.3, -0.25) is 19.7 Å². The fourth-order valence-corrected chi connectivity index (χ4v) is 5.32. The van der Waals surface area contributed by atoms with Gasteiger partial charge in [-0.1, -0.05) is 25.8 Å². The van der Waals surface area contributed by atoms with Crippen LogP contribution >= 0.6 is 12.4 Å². The molecule has 1 saturated heterocycles. The van der Waals surface area contributed by atoms with Crippen molar-refractivity contribution in [3.63, 3.8) is 0 Å². The van der Waals surface area contributed by atoms with E-state index in [1.807, 2.05) is 18.2 Å². The third-order valence-corrected chi connectivity index (χ3v) is 7.18. The molecule has 3 amide bonds. The molecule has 4 N–H and O–H groups in total. The molecule has 1 aromatic rings. The summed E-state index contributed by atoms with van der Waals surface area (Å²) in [5.74, 6) is -0.169. The first-order valence-electron chi connectivity index (χ1n) is 11.8. The van der Waals surface area contributed by atoms with Gasteiger partial charge in [0.05, 0.1) is 0 Å². The number of halogens is 1. The smallest absolute Gasteiger partial charge is 0.255 e. The largest absolute Gasteiger partial charge is 0.382 e. The Hall–Kier alpha value is -2.12. The van der Waals surface area contributed by atoms with E-state index in [-0.39, 0.29) is 36.5 Å². The first kappa shape index (κ1) is 24.5. The van der Waals surface area contributed by atoms with Crippen molar-refractivity contribution in [2.45, 2.75) is 89.4 Å². The Labute approximate surface area is 196 Å². The van der Waals surface area contributed by atoms with Crippen molar-refractivity contribution >= 4 is 35.8 Å². The van der Waals surface area contributed by atoms with E-state index in [9.17, 15) is 14.4 Å². The van der Waals surface area contributed by atoms with Gasteiger partial charge in [0.15, 0.2) is 0 Å². The zero-order valence-corrected chi connectivity index (χ0v) is 19.6. The van der Waals surface area contributed by atoms with E-state index in [4.69, 9.17) is 5.73 Å². The number of benzene rings is 1. The van der Waals surface area contributed by atoms with Crippen molar-refractivity contribution in [3.8, 4) is 0 Å². The molecular formula is C24H35ClN4O3. The number of nitrogens with zero attached hydrogens (tertiary/aromatic N) is 1. The molecule has 0 radical (unpaired) electrons. The van der Waals surface area contributed by atoms with Crippen molar-refractivity contribution in [1.29, 1.82) is 0 Å². The van der Waals surface area contributed by atoms with Crippen LogP contribution in [0, 0.1) is 5.92 Å². The minimum absolute atomic E-state index is 0. The number of fused-ring (bicyclic) bond motifs is 1. The molecule has 0 spiro atoms. The lowest BCUT2D eigenvalue weighted by molar-refractivity contribution is -0.136. The Morgan fingerprint density at radius 1 is 1.16 bits per heavy atom. The Bertz CT molecular complexity index is 854. The number of anilines is 1. The molecule has 2 heterocycles. The molecule has 2 fully saturated rings. The van der Waals surface area contributed by atoms with Crippen molar-refractivity contribution < 1.29 is 14.4 Å². The summed E-state index contributed by atoms with van der Waals surface area (Å²) in [6.07, 6.45) is 8.49. The summed E-state index contributed by atoms with van der Waals surface area (Å²) in [5.41, 5.74) is 8.75. The van der Waals surface area contributed by atoms with Crippen LogP contribution in [0.4, 0.5) is 5.69 Å². The highest BCUT2D eigenvalue weighted by atomic mass is 35.5. The number of imide groups is 1. The van der Waals surface area contributed by atoms with Gasteiger partial charge in [-0.25, -0.2) is 0 Å². The van der Waals surface area contributed by atoms with E-state index in [0.29, 0.717) is 36.5 Å². The number of nitrogens with one attached hydrogen (secondary N) is 2. The molecule has 8 heteroatoms. The zero-order valence-electron chi connectivity index (χ0n) is 18.8. The normalized spacial score (nSPS) is 26.2. The Kier molecular flexibility index (Phi) is 8.17. The van der Waals surface area contributed by atoms with Crippen LogP contribution < -0.4 is 16.4 Å². The van der Waals surface area contributed by atoms with Crippen molar-refractivity contribution in [2.75, 3.05) is 5.32 Å². The minimum Gasteiger partial charge on any atom is -0.382 e. The second kappa shape index (κ2) is 10.7. The van der Waals surface area contributed by atoms with Crippen molar-refractivity contribution in [3.05, 3.63) is 29.3 Å². The van der Waals surface area contributed by atoms with Crippen LogP contribution in [-0.2, 0) is 16.1 Å². The molecular weight excluding hydrogens is 428 g/mol. The molecule has 2 atom stereocenters. The van der Waals surface area contributed by atoms with E-state index in [2.05, 4.69) is 17.6 Å². The van der Waals surface area contributed by atoms with Crippen LogP contribution in [0.5, 0.6) is 0 Å². The molecule has 7 nitrogen and oxygen atoms in total. The molecule has 0 unspecified atom stereocenters. The van der Waals surface area contributed by atoms with Gasteiger partial charge in [0, 0.05) is 41.9 Å². The Morgan fingerprint density at radius 3 is 2.59 bits per heavy atom. The first-order chi connectivity index (χ1) is 15.0. The zero-order chi connectivity index (χ0) is 22.0. The quantitative estimate of drug-likeness (QED) is 0.539. The standard InChI is InChI=1S/C24H34N4O3.ClH/c1-2-3-6-19(15-8-10-16(25)11-9-15)26-20-7-4-5-17-18(20)14-28(24(17)31)21-12-13-22(29)27-23(21)30;/h4-5,7,15-16,19,21,26H,2-3,6,8-14,25H2,1H3,(H,27,29,30);1H/t15?,16?,19-,21-;/m0./s1. The molecule has 32 heavy (non-hydrogen) atoms. The van der Waals surface area contributed by atoms with Crippen LogP contribution in [0.1, 0.15) is 80.6 Å². The fourth-order valence-electron chi connectivity index (χ4n) is 5.32. The number of hydrogen-bond acceptors (Lipinski definition) is 5. The number of carbonyl (C=O) groups excluding carboxylic acids is 3.